The molecule has 0 bridgehead atoms. The first-order valence-corrected chi connectivity index (χ1v) is 5.63. The Balaban J connectivity index is 2.27. The third-order valence-electron chi connectivity index (χ3n) is 2.69. The molecular formula is C11H15N3O3. The maximum absolute atomic E-state index is 11.7. The largest absolute Gasteiger partial charge is 0.465 e. The number of fused-ring (bicyclic) bond motifs is 1. The van der Waals surface area contributed by atoms with Crippen molar-refractivity contribution in [2.24, 2.45) is 0 Å². The van der Waals surface area contributed by atoms with Crippen LogP contribution >= 0.6 is 0 Å². The summed E-state index contributed by atoms with van der Waals surface area (Å²) in [5.41, 5.74) is 2.07. The molecule has 0 unspecified atom stereocenters. The molecule has 6 nitrogen and oxygen atoms in total. The predicted octanol–water partition coefficient (Wildman–Crippen LogP) is 0.0405. The first-order valence-electron chi connectivity index (χ1n) is 5.63. The minimum atomic E-state index is -0.330. The molecule has 0 saturated heterocycles. The summed E-state index contributed by atoms with van der Waals surface area (Å²) in [5.74, 6) is -0.442. The number of hydrogen-bond acceptors (Lipinski definition) is 4. The summed E-state index contributed by atoms with van der Waals surface area (Å²) in [7, 11) is 0. The number of carbonyl (C=O) groups is 2. The van der Waals surface area contributed by atoms with Crippen molar-refractivity contribution in [1.82, 2.24) is 15.1 Å². The quantitative estimate of drug-likeness (QED) is 0.753. The van der Waals surface area contributed by atoms with Crippen LogP contribution in [0, 0.1) is 6.92 Å². The summed E-state index contributed by atoms with van der Waals surface area (Å²) >= 11 is 0. The van der Waals surface area contributed by atoms with E-state index in [2.05, 4.69) is 10.4 Å². The number of rotatable bonds is 3. The van der Waals surface area contributed by atoms with Crippen LogP contribution in [0.15, 0.2) is 0 Å². The van der Waals surface area contributed by atoms with Gasteiger partial charge >= 0.3 is 5.97 Å². The van der Waals surface area contributed by atoms with Crippen LogP contribution in [-0.2, 0) is 22.5 Å². The molecule has 1 aliphatic rings. The summed E-state index contributed by atoms with van der Waals surface area (Å²) in [5, 5.41) is 6.98. The molecule has 0 saturated carbocycles. The molecule has 1 aromatic rings. The topological polar surface area (TPSA) is 73.2 Å². The highest BCUT2D eigenvalue weighted by Gasteiger charge is 2.25. The van der Waals surface area contributed by atoms with Gasteiger partial charge in [0.05, 0.1) is 23.6 Å². The van der Waals surface area contributed by atoms with Crippen molar-refractivity contribution in [3.8, 4) is 0 Å². The Labute approximate surface area is 98.9 Å². The van der Waals surface area contributed by atoms with Gasteiger partial charge in [0.15, 0.2) is 0 Å². The number of esters is 1. The Morgan fingerprint density at radius 2 is 2.35 bits per heavy atom. The average molecular weight is 237 g/mol. The first-order chi connectivity index (χ1) is 8.13. The third kappa shape index (κ3) is 2.15. The lowest BCUT2D eigenvalue weighted by Gasteiger charge is -2.14. The molecule has 0 radical (unpaired) electrons. The highest BCUT2D eigenvalue weighted by molar-refractivity contribution is 5.97. The molecule has 0 spiro atoms. The fourth-order valence-corrected chi connectivity index (χ4v) is 2.02. The van der Waals surface area contributed by atoms with Gasteiger partial charge < -0.3 is 10.1 Å². The number of nitrogens with zero attached hydrogens (tertiary/aromatic N) is 2. The summed E-state index contributed by atoms with van der Waals surface area (Å²) in [6.07, 6.45) is 0.696. The normalized spacial score (nSPS) is 14.1. The lowest BCUT2D eigenvalue weighted by atomic mass is 10.1. The molecule has 1 amide bonds. The number of aromatic nitrogens is 2. The Morgan fingerprint density at radius 1 is 1.59 bits per heavy atom. The monoisotopic (exact) mass is 237 g/mol. The van der Waals surface area contributed by atoms with Crippen LogP contribution < -0.4 is 5.32 Å². The van der Waals surface area contributed by atoms with Crippen molar-refractivity contribution in [3.05, 3.63) is 17.0 Å². The van der Waals surface area contributed by atoms with E-state index in [0.717, 1.165) is 5.69 Å². The van der Waals surface area contributed by atoms with Gasteiger partial charge in [-0.1, -0.05) is 0 Å². The molecule has 92 valence electrons. The fourth-order valence-electron chi connectivity index (χ4n) is 2.02. The predicted molar refractivity (Wildman–Crippen MR) is 59.6 cm³/mol. The summed E-state index contributed by atoms with van der Waals surface area (Å²) < 4.78 is 6.44. The summed E-state index contributed by atoms with van der Waals surface area (Å²) in [4.78, 5) is 23.1. The molecular weight excluding hydrogens is 222 g/mol. The van der Waals surface area contributed by atoms with E-state index in [1.165, 1.54) is 0 Å². The number of aryl methyl sites for hydroxylation is 1. The maximum atomic E-state index is 11.7. The summed E-state index contributed by atoms with van der Waals surface area (Å²) in [6, 6.07) is 0. The Morgan fingerprint density at radius 3 is 3.06 bits per heavy atom. The van der Waals surface area contributed by atoms with Gasteiger partial charge in [0.2, 0.25) is 0 Å². The third-order valence-corrected chi connectivity index (χ3v) is 2.69. The van der Waals surface area contributed by atoms with Crippen molar-refractivity contribution in [2.75, 3.05) is 13.2 Å². The van der Waals surface area contributed by atoms with E-state index in [4.69, 9.17) is 4.74 Å². The van der Waals surface area contributed by atoms with Gasteiger partial charge in [-0.3, -0.25) is 14.3 Å². The molecule has 1 aliphatic heterocycles. The SMILES string of the molecule is CCOC(=O)Cn1nc(C)c2c1CCNC2=O. The second-order valence-electron chi connectivity index (χ2n) is 3.88. The minimum Gasteiger partial charge on any atom is -0.465 e. The van der Waals surface area contributed by atoms with Crippen molar-refractivity contribution >= 4 is 11.9 Å². The Kier molecular flexibility index (Phi) is 3.12. The van der Waals surface area contributed by atoms with E-state index in [1.54, 1.807) is 18.5 Å². The number of hydrogen-bond donors (Lipinski definition) is 1. The zero-order chi connectivity index (χ0) is 12.4. The molecule has 17 heavy (non-hydrogen) atoms. The van der Waals surface area contributed by atoms with Crippen LogP contribution in [0.3, 0.4) is 0 Å². The van der Waals surface area contributed by atoms with E-state index in [1.807, 2.05) is 0 Å². The number of ether oxygens (including phenoxy) is 1. The zero-order valence-electron chi connectivity index (χ0n) is 9.95. The van der Waals surface area contributed by atoms with Gasteiger partial charge in [0.25, 0.3) is 5.91 Å². The lowest BCUT2D eigenvalue weighted by Crippen LogP contribution is -2.33. The van der Waals surface area contributed by atoms with Crippen LogP contribution in [0.4, 0.5) is 0 Å². The molecule has 1 N–H and O–H groups in total. The number of nitrogens with one attached hydrogen (secondary N) is 1. The van der Waals surface area contributed by atoms with Crippen LogP contribution in [0.2, 0.25) is 0 Å². The Bertz CT molecular complexity index is 465. The molecule has 2 rings (SSSR count). The van der Waals surface area contributed by atoms with Gasteiger partial charge in [-0.25, -0.2) is 0 Å². The van der Waals surface area contributed by atoms with Crippen molar-refractivity contribution in [1.29, 1.82) is 0 Å². The second-order valence-corrected chi connectivity index (χ2v) is 3.88. The highest BCUT2D eigenvalue weighted by Crippen LogP contribution is 2.17. The van der Waals surface area contributed by atoms with E-state index >= 15 is 0 Å². The van der Waals surface area contributed by atoms with Gasteiger partial charge in [0.1, 0.15) is 6.54 Å². The fraction of sp³-hybridized carbons (Fsp3) is 0.545. The molecule has 6 heteroatoms. The van der Waals surface area contributed by atoms with Crippen LogP contribution in [-0.4, -0.2) is 34.8 Å². The maximum Gasteiger partial charge on any atom is 0.327 e. The van der Waals surface area contributed by atoms with E-state index < -0.39 is 0 Å². The van der Waals surface area contributed by atoms with Crippen molar-refractivity contribution in [3.63, 3.8) is 0 Å². The summed E-state index contributed by atoms with van der Waals surface area (Å²) in [6.45, 7) is 4.53. The molecule has 2 heterocycles. The number of amides is 1. The zero-order valence-corrected chi connectivity index (χ0v) is 9.95. The van der Waals surface area contributed by atoms with Gasteiger partial charge in [-0.15, -0.1) is 0 Å². The average Bonchev–Trinajstić information content (AvgIpc) is 2.57. The standard InChI is InChI=1S/C11H15N3O3/c1-3-17-9(15)6-14-8-4-5-12-11(16)10(8)7(2)13-14/h3-6H2,1-2H3,(H,12,16). The molecule has 0 aromatic carbocycles. The van der Waals surface area contributed by atoms with Crippen LogP contribution in [0.1, 0.15) is 28.7 Å². The van der Waals surface area contributed by atoms with Gasteiger partial charge in [-0.2, -0.15) is 5.10 Å². The van der Waals surface area contributed by atoms with Crippen LogP contribution in [0.25, 0.3) is 0 Å². The van der Waals surface area contributed by atoms with Gasteiger partial charge in [0, 0.05) is 13.0 Å². The van der Waals surface area contributed by atoms with E-state index in [9.17, 15) is 9.59 Å². The highest BCUT2D eigenvalue weighted by atomic mass is 16.5. The molecule has 0 fully saturated rings. The molecule has 1 aromatic heterocycles. The molecule has 0 atom stereocenters. The van der Waals surface area contributed by atoms with Gasteiger partial charge in [-0.05, 0) is 13.8 Å². The van der Waals surface area contributed by atoms with Crippen LogP contribution in [0.5, 0.6) is 0 Å². The molecule has 0 aliphatic carbocycles. The Hall–Kier alpha value is -1.85. The smallest absolute Gasteiger partial charge is 0.327 e. The second kappa shape index (κ2) is 4.57. The number of carbonyl (C=O) groups excluding carboxylic acids is 2. The van der Waals surface area contributed by atoms with Crippen molar-refractivity contribution in [2.45, 2.75) is 26.8 Å². The first kappa shape index (κ1) is 11.6. The minimum absolute atomic E-state index is 0.0668. The lowest BCUT2D eigenvalue weighted by molar-refractivity contribution is -0.144. The van der Waals surface area contributed by atoms with Crippen molar-refractivity contribution < 1.29 is 14.3 Å². The van der Waals surface area contributed by atoms with E-state index in [0.29, 0.717) is 30.8 Å². The van der Waals surface area contributed by atoms with E-state index in [-0.39, 0.29) is 18.4 Å².